The predicted molar refractivity (Wildman–Crippen MR) is 68.3 cm³/mol. The number of ether oxygens (including phenoxy) is 1. The van der Waals surface area contributed by atoms with E-state index in [1.54, 1.807) is 6.07 Å². The lowest BCUT2D eigenvalue weighted by Gasteiger charge is -2.16. The van der Waals surface area contributed by atoms with E-state index in [0.717, 1.165) is 0 Å². The summed E-state index contributed by atoms with van der Waals surface area (Å²) in [6.07, 6.45) is -5.36. The summed E-state index contributed by atoms with van der Waals surface area (Å²) in [6, 6.07) is 3.56. The predicted octanol–water partition coefficient (Wildman–Crippen LogP) is 3.53. The smallest absolute Gasteiger partial charge is 0.391 e. The van der Waals surface area contributed by atoms with Crippen LogP contribution in [0.25, 0.3) is 0 Å². The molecule has 1 aromatic carbocycles. The van der Waals surface area contributed by atoms with Crippen LogP contribution in [0, 0.1) is 0 Å². The van der Waals surface area contributed by atoms with Gasteiger partial charge in [-0.25, -0.2) is 0 Å². The number of methoxy groups -OCH3 is 1. The van der Waals surface area contributed by atoms with Crippen molar-refractivity contribution in [2.45, 2.75) is 25.6 Å². The van der Waals surface area contributed by atoms with Gasteiger partial charge in [-0.05, 0) is 41.1 Å². The van der Waals surface area contributed by atoms with Gasteiger partial charge in [-0.3, -0.25) is 4.79 Å². The van der Waals surface area contributed by atoms with Crippen molar-refractivity contribution >= 4 is 21.8 Å². The van der Waals surface area contributed by atoms with E-state index in [-0.39, 0.29) is 5.56 Å². The second-order valence-corrected chi connectivity index (χ2v) is 4.90. The lowest BCUT2D eigenvalue weighted by Crippen LogP contribution is -2.35. The Labute approximate surface area is 117 Å². The highest BCUT2D eigenvalue weighted by molar-refractivity contribution is 9.10. The largest absolute Gasteiger partial charge is 0.496 e. The minimum Gasteiger partial charge on any atom is -0.496 e. The summed E-state index contributed by atoms with van der Waals surface area (Å²) in [5.41, 5.74) is 0.265. The molecule has 0 fully saturated rings. The van der Waals surface area contributed by atoms with Crippen LogP contribution < -0.4 is 10.1 Å². The van der Waals surface area contributed by atoms with Crippen LogP contribution >= 0.6 is 15.9 Å². The molecule has 0 bridgehead atoms. The van der Waals surface area contributed by atoms with Gasteiger partial charge < -0.3 is 10.1 Å². The summed E-state index contributed by atoms with van der Waals surface area (Å²) in [7, 11) is 1.48. The molecule has 7 heteroatoms. The molecule has 0 heterocycles. The van der Waals surface area contributed by atoms with Crippen LogP contribution in [-0.2, 0) is 0 Å². The van der Waals surface area contributed by atoms with Crippen LogP contribution in [-0.4, -0.2) is 25.2 Å². The molecule has 0 saturated carbocycles. The Morgan fingerprint density at radius 3 is 2.58 bits per heavy atom. The Hall–Kier alpha value is -1.24. The van der Waals surface area contributed by atoms with Crippen LogP contribution in [0.2, 0.25) is 0 Å². The molecule has 0 aromatic heterocycles. The molecule has 1 amide bonds. The zero-order valence-electron chi connectivity index (χ0n) is 10.3. The fourth-order valence-electron chi connectivity index (χ4n) is 1.51. The van der Waals surface area contributed by atoms with Crippen molar-refractivity contribution in [3.63, 3.8) is 0 Å². The fraction of sp³-hybridized carbons (Fsp3) is 0.417. The van der Waals surface area contributed by atoms with E-state index in [1.807, 2.05) is 0 Å². The van der Waals surface area contributed by atoms with E-state index in [4.69, 9.17) is 4.74 Å². The van der Waals surface area contributed by atoms with Gasteiger partial charge in [0, 0.05) is 11.6 Å². The first-order chi connectivity index (χ1) is 8.73. The monoisotopic (exact) mass is 339 g/mol. The number of rotatable bonds is 4. The van der Waals surface area contributed by atoms with E-state index in [9.17, 15) is 18.0 Å². The molecule has 1 unspecified atom stereocenters. The maximum absolute atomic E-state index is 12.1. The van der Waals surface area contributed by atoms with Crippen molar-refractivity contribution in [3.8, 4) is 5.75 Å². The van der Waals surface area contributed by atoms with E-state index in [0.29, 0.717) is 10.2 Å². The Morgan fingerprint density at radius 1 is 1.47 bits per heavy atom. The number of carbonyl (C=O) groups excluding carboxylic acids is 1. The van der Waals surface area contributed by atoms with Crippen LogP contribution in [0.15, 0.2) is 22.7 Å². The zero-order chi connectivity index (χ0) is 14.6. The molecule has 1 N–H and O–H groups in total. The zero-order valence-corrected chi connectivity index (χ0v) is 11.9. The minimum absolute atomic E-state index is 0.265. The summed E-state index contributed by atoms with van der Waals surface area (Å²) in [5.74, 6) is -0.0139. The highest BCUT2D eigenvalue weighted by Gasteiger charge is 2.30. The summed E-state index contributed by atoms with van der Waals surface area (Å²) in [5, 5.41) is 2.30. The lowest BCUT2D eigenvalue weighted by molar-refractivity contribution is -0.138. The third-order valence-electron chi connectivity index (χ3n) is 2.33. The average molecular weight is 340 g/mol. The van der Waals surface area contributed by atoms with Crippen molar-refractivity contribution in [2.24, 2.45) is 0 Å². The molecule has 0 aliphatic rings. The van der Waals surface area contributed by atoms with Gasteiger partial charge in [-0.1, -0.05) is 0 Å². The van der Waals surface area contributed by atoms with Crippen molar-refractivity contribution in [1.82, 2.24) is 5.32 Å². The molecule has 106 valence electrons. The molecule has 0 aliphatic heterocycles. The molecule has 3 nitrogen and oxygen atoms in total. The van der Waals surface area contributed by atoms with Crippen LogP contribution in [0.4, 0.5) is 13.2 Å². The van der Waals surface area contributed by atoms with Gasteiger partial charge in [-0.2, -0.15) is 13.2 Å². The van der Waals surface area contributed by atoms with Crippen molar-refractivity contribution < 1.29 is 22.7 Å². The van der Waals surface area contributed by atoms with Crippen molar-refractivity contribution in [2.75, 3.05) is 7.11 Å². The molecule has 0 radical (unpaired) electrons. The third-order valence-corrected chi connectivity index (χ3v) is 2.95. The van der Waals surface area contributed by atoms with E-state index in [2.05, 4.69) is 21.2 Å². The molecule has 19 heavy (non-hydrogen) atoms. The standard InChI is InChI=1S/C12H13BrF3NO2/c1-7(6-12(14,15)16)17-11(18)8-3-4-10(19-2)9(13)5-8/h3-5,7H,6H2,1-2H3,(H,17,18). The number of halogens is 4. The van der Waals surface area contributed by atoms with E-state index >= 15 is 0 Å². The number of benzene rings is 1. The number of carbonyl (C=O) groups is 1. The summed E-state index contributed by atoms with van der Waals surface area (Å²) >= 11 is 3.21. The average Bonchev–Trinajstić information content (AvgIpc) is 2.26. The first-order valence-electron chi connectivity index (χ1n) is 5.44. The number of hydrogen-bond donors (Lipinski definition) is 1. The summed E-state index contributed by atoms with van der Waals surface area (Å²) in [4.78, 5) is 11.8. The quantitative estimate of drug-likeness (QED) is 0.911. The first kappa shape index (κ1) is 15.8. The van der Waals surface area contributed by atoms with Crippen LogP contribution in [0.5, 0.6) is 5.75 Å². The maximum Gasteiger partial charge on any atom is 0.391 e. The summed E-state index contributed by atoms with van der Waals surface area (Å²) < 4.78 is 42.0. The normalized spacial score (nSPS) is 12.9. The SMILES string of the molecule is COc1ccc(C(=O)NC(C)CC(F)(F)F)cc1Br. The van der Waals surface area contributed by atoms with Gasteiger partial charge in [0.2, 0.25) is 0 Å². The van der Waals surface area contributed by atoms with Gasteiger partial charge in [-0.15, -0.1) is 0 Å². The molecular weight excluding hydrogens is 327 g/mol. The van der Waals surface area contributed by atoms with Gasteiger partial charge in [0.15, 0.2) is 0 Å². The molecular formula is C12H13BrF3NO2. The van der Waals surface area contributed by atoms with Gasteiger partial charge in [0.25, 0.3) is 5.91 Å². The number of amides is 1. The second kappa shape index (κ2) is 6.27. The van der Waals surface area contributed by atoms with Crippen molar-refractivity contribution in [3.05, 3.63) is 28.2 Å². The van der Waals surface area contributed by atoms with Gasteiger partial charge in [0.1, 0.15) is 5.75 Å². The number of hydrogen-bond acceptors (Lipinski definition) is 2. The molecule has 0 aliphatic carbocycles. The molecule has 1 aromatic rings. The second-order valence-electron chi connectivity index (χ2n) is 4.04. The molecule has 1 rings (SSSR count). The van der Waals surface area contributed by atoms with E-state index < -0.39 is 24.5 Å². The van der Waals surface area contributed by atoms with Crippen molar-refractivity contribution in [1.29, 1.82) is 0 Å². The Morgan fingerprint density at radius 2 is 2.11 bits per heavy atom. The maximum atomic E-state index is 12.1. The molecule has 0 spiro atoms. The number of alkyl halides is 3. The summed E-state index contributed by atoms with van der Waals surface area (Å²) in [6.45, 7) is 1.31. The Kier molecular flexibility index (Phi) is 5.22. The van der Waals surface area contributed by atoms with Crippen LogP contribution in [0.3, 0.4) is 0 Å². The topological polar surface area (TPSA) is 38.3 Å². The lowest BCUT2D eigenvalue weighted by atomic mass is 10.1. The molecule has 0 saturated heterocycles. The first-order valence-corrected chi connectivity index (χ1v) is 6.23. The highest BCUT2D eigenvalue weighted by Crippen LogP contribution is 2.26. The highest BCUT2D eigenvalue weighted by atomic mass is 79.9. The Bertz CT molecular complexity index is 463. The van der Waals surface area contributed by atoms with E-state index in [1.165, 1.54) is 26.2 Å². The third kappa shape index (κ3) is 5.10. The van der Waals surface area contributed by atoms with Gasteiger partial charge >= 0.3 is 6.18 Å². The van der Waals surface area contributed by atoms with Crippen LogP contribution in [0.1, 0.15) is 23.7 Å². The number of nitrogens with one attached hydrogen (secondary N) is 1. The van der Waals surface area contributed by atoms with Gasteiger partial charge in [0.05, 0.1) is 18.0 Å². The molecule has 1 atom stereocenters. The minimum atomic E-state index is -4.30. The fourth-order valence-corrected chi connectivity index (χ4v) is 2.05. The Balaban J connectivity index is 2.71.